The van der Waals surface area contributed by atoms with Gasteiger partial charge in [-0.1, -0.05) is 0 Å². The molecule has 0 amide bonds. The molecule has 0 atom stereocenters. The highest BCUT2D eigenvalue weighted by Crippen LogP contribution is 2.17. The molecule has 0 spiro atoms. The van der Waals surface area contributed by atoms with Crippen LogP contribution in [0.15, 0.2) is 16.7 Å². The van der Waals surface area contributed by atoms with Gasteiger partial charge in [0.15, 0.2) is 0 Å². The molecule has 0 saturated carbocycles. The zero-order valence-electron chi connectivity index (χ0n) is 5.96. The Labute approximate surface area is 59.5 Å². The first kappa shape index (κ1) is 6.69. The van der Waals surface area contributed by atoms with Crippen LogP contribution in [-0.4, -0.2) is 14.1 Å². The Morgan fingerprint density at radius 1 is 1.60 bits per heavy atom. The molecule has 1 rings (SSSR count). The van der Waals surface area contributed by atoms with E-state index < -0.39 is 0 Å². The van der Waals surface area contributed by atoms with Crippen LogP contribution < -0.4 is 4.90 Å². The lowest BCUT2D eigenvalue weighted by Gasteiger charge is -2.06. The molecule has 10 heavy (non-hydrogen) atoms. The van der Waals surface area contributed by atoms with Gasteiger partial charge in [0, 0.05) is 14.1 Å². The third kappa shape index (κ3) is 0.960. The van der Waals surface area contributed by atoms with Gasteiger partial charge in [-0.2, -0.15) is 5.26 Å². The maximum Gasteiger partial charge on any atom is 0.212 e. The molecule has 1 aromatic rings. The molecule has 0 fully saturated rings. The largest absolute Gasteiger partial charge is 0.447 e. The standard InChI is InChI=1S/C7H8N2O/c1-9(2)7-6(5-8)3-4-10-7/h3-4H,1-2H3. The summed E-state index contributed by atoms with van der Waals surface area (Å²) in [7, 11) is 3.67. The molecule has 1 heterocycles. The quantitative estimate of drug-likeness (QED) is 0.582. The summed E-state index contributed by atoms with van der Waals surface area (Å²) < 4.78 is 5.02. The molecule has 1 aromatic heterocycles. The summed E-state index contributed by atoms with van der Waals surface area (Å²) in [5.74, 6) is 0.613. The third-order valence-corrected chi connectivity index (χ3v) is 1.17. The Morgan fingerprint density at radius 2 is 2.30 bits per heavy atom. The van der Waals surface area contributed by atoms with Gasteiger partial charge in [0.05, 0.1) is 6.26 Å². The van der Waals surface area contributed by atoms with Gasteiger partial charge in [-0.3, -0.25) is 0 Å². The van der Waals surface area contributed by atoms with Crippen molar-refractivity contribution in [2.45, 2.75) is 0 Å². The molecule has 3 heteroatoms. The fraction of sp³-hybridized carbons (Fsp3) is 0.286. The maximum atomic E-state index is 8.52. The highest BCUT2D eigenvalue weighted by molar-refractivity contribution is 5.50. The van der Waals surface area contributed by atoms with Crippen LogP contribution in [-0.2, 0) is 0 Å². The minimum absolute atomic E-state index is 0.574. The van der Waals surface area contributed by atoms with Gasteiger partial charge in [0.2, 0.25) is 5.88 Å². The van der Waals surface area contributed by atoms with E-state index in [0.29, 0.717) is 11.4 Å². The van der Waals surface area contributed by atoms with Crippen molar-refractivity contribution in [2.24, 2.45) is 0 Å². The van der Waals surface area contributed by atoms with Crippen LogP contribution in [0, 0.1) is 11.3 Å². The molecule has 0 aliphatic carbocycles. The highest BCUT2D eigenvalue weighted by atomic mass is 16.3. The van der Waals surface area contributed by atoms with E-state index in [1.807, 2.05) is 20.2 Å². The summed E-state index contributed by atoms with van der Waals surface area (Å²) >= 11 is 0. The average molecular weight is 136 g/mol. The average Bonchev–Trinajstić information content (AvgIpc) is 2.33. The summed E-state index contributed by atoms with van der Waals surface area (Å²) in [6, 6.07) is 3.67. The third-order valence-electron chi connectivity index (χ3n) is 1.17. The van der Waals surface area contributed by atoms with Crippen molar-refractivity contribution in [3.63, 3.8) is 0 Å². The van der Waals surface area contributed by atoms with Crippen LogP contribution in [0.2, 0.25) is 0 Å². The van der Waals surface area contributed by atoms with Gasteiger partial charge >= 0.3 is 0 Å². The number of hydrogen-bond donors (Lipinski definition) is 0. The number of nitriles is 1. The minimum Gasteiger partial charge on any atom is -0.447 e. The van der Waals surface area contributed by atoms with Gasteiger partial charge < -0.3 is 9.32 Å². The molecule has 0 saturated heterocycles. The van der Waals surface area contributed by atoms with Crippen LogP contribution >= 0.6 is 0 Å². The Morgan fingerprint density at radius 3 is 2.70 bits per heavy atom. The molecule has 0 unspecified atom stereocenters. The SMILES string of the molecule is CN(C)c1occc1C#N. The van der Waals surface area contributed by atoms with Crippen LogP contribution in [0.3, 0.4) is 0 Å². The molecule has 3 nitrogen and oxygen atoms in total. The zero-order chi connectivity index (χ0) is 7.56. The molecule has 0 N–H and O–H groups in total. The lowest BCUT2D eigenvalue weighted by atomic mass is 10.3. The molecule has 0 aliphatic heterocycles. The summed E-state index contributed by atoms with van der Waals surface area (Å²) in [5, 5.41) is 8.52. The Bertz CT molecular complexity index is 257. The van der Waals surface area contributed by atoms with E-state index in [0.717, 1.165) is 0 Å². The Hall–Kier alpha value is -1.43. The summed E-state index contributed by atoms with van der Waals surface area (Å²) in [6.45, 7) is 0. The zero-order valence-corrected chi connectivity index (χ0v) is 5.96. The van der Waals surface area contributed by atoms with Crippen molar-refractivity contribution >= 4 is 5.88 Å². The number of furan rings is 1. The number of nitrogens with zero attached hydrogens (tertiary/aromatic N) is 2. The summed E-state index contributed by atoms with van der Waals surface area (Å²) in [5.41, 5.74) is 0.574. The molecule has 52 valence electrons. The molecular weight excluding hydrogens is 128 g/mol. The number of rotatable bonds is 1. The number of anilines is 1. The van der Waals surface area contributed by atoms with Crippen LogP contribution in [0.25, 0.3) is 0 Å². The first-order chi connectivity index (χ1) is 4.75. The lowest BCUT2D eigenvalue weighted by Crippen LogP contribution is -2.08. The van der Waals surface area contributed by atoms with Gasteiger partial charge in [-0.15, -0.1) is 0 Å². The second-order valence-electron chi connectivity index (χ2n) is 2.15. The smallest absolute Gasteiger partial charge is 0.212 e. The highest BCUT2D eigenvalue weighted by Gasteiger charge is 2.05. The van der Waals surface area contributed by atoms with Crippen molar-refractivity contribution < 1.29 is 4.42 Å². The van der Waals surface area contributed by atoms with E-state index >= 15 is 0 Å². The Balaban J connectivity index is 3.05. The maximum absolute atomic E-state index is 8.52. The van der Waals surface area contributed by atoms with Crippen molar-refractivity contribution in [3.05, 3.63) is 17.9 Å². The summed E-state index contributed by atoms with van der Waals surface area (Å²) in [6.07, 6.45) is 1.51. The predicted octanol–water partition coefficient (Wildman–Crippen LogP) is 1.22. The van der Waals surface area contributed by atoms with Crippen molar-refractivity contribution in [3.8, 4) is 6.07 Å². The van der Waals surface area contributed by atoms with Crippen LogP contribution in [0.1, 0.15) is 5.56 Å². The molecule has 0 aromatic carbocycles. The van der Waals surface area contributed by atoms with E-state index in [1.165, 1.54) is 6.26 Å². The van der Waals surface area contributed by atoms with Gasteiger partial charge in [-0.05, 0) is 6.07 Å². The van der Waals surface area contributed by atoms with Crippen LogP contribution in [0.5, 0.6) is 0 Å². The van der Waals surface area contributed by atoms with E-state index in [4.69, 9.17) is 9.68 Å². The second-order valence-corrected chi connectivity index (χ2v) is 2.15. The summed E-state index contributed by atoms with van der Waals surface area (Å²) in [4.78, 5) is 1.76. The van der Waals surface area contributed by atoms with Crippen LogP contribution in [0.4, 0.5) is 5.88 Å². The van der Waals surface area contributed by atoms with E-state index in [1.54, 1.807) is 11.0 Å². The van der Waals surface area contributed by atoms with E-state index in [-0.39, 0.29) is 0 Å². The van der Waals surface area contributed by atoms with E-state index in [9.17, 15) is 0 Å². The number of hydrogen-bond acceptors (Lipinski definition) is 3. The minimum atomic E-state index is 0.574. The first-order valence-electron chi connectivity index (χ1n) is 2.90. The van der Waals surface area contributed by atoms with Gasteiger partial charge in [-0.25, -0.2) is 0 Å². The molecule has 0 bridgehead atoms. The molecule has 0 aliphatic rings. The fourth-order valence-corrected chi connectivity index (χ4v) is 0.733. The van der Waals surface area contributed by atoms with E-state index in [2.05, 4.69) is 0 Å². The van der Waals surface area contributed by atoms with Gasteiger partial charge in [0.25, 0.3) is 0 Å². The lowest BCUT2D eigenvalue weighted by molar-refractivity contribution is 0.564. The topological polar surface area (TPSA) is 40.2 Å². The monoisotopic (exact) mass is 136 g/mol. The van der Waals surface area contributed by atoms with Crippen molar-refractivity contribution in [2.75, 3.05) is 19.0 Å². The fourth-order valence-electron chi connectivity index (χ4n) is 0.733. The first-order valence-corrected chi connectivity index (χ1v) is 2.90. The normalized spacial score (nSPS) is 8.90. The van der Waals surface area contributed by atoms with Crippen molar-refractivity contribution in [1.82, 2.24) is 0 Å². The second kappa shape index (κ2) is 2.44. The predicted molar refractivity (Wildman–Crippen MR) is 37.8 cm³/mol. The van der Waals surface area contributed by atoms with Crippen molar-refractivity contribution in [1.29, 1.82) is 5.26 Å². The Kier molecular flexibility index (Phi) is 1.63. The molecule has 0 radical (unpaired) electrons. The van der Waals surface area contributed by atoms with Gasteiger partial charge in [0.1, 0.15) is 11.6 Å². The molecular formula is C7H8N2O.